The largest absolute Gasteiger partial charge is 0.456 e. The van der Waals surface area contributed by atoms with Crippen molar-refractivity contribution in [3.63, 3.8) is 0 Å². The van der Waals surface area contributed by atoms with Gasteiger partial charge in [-0.25, -0.2) is 15.0 Å². The highest BCUT2D eigenvalue weighted by molar-refractivity contribution is 6.19. The average Bonchev–Trinajstić information content (AvgIpc) is 3.96. The maximum absolute atomic E-state index is 6.78. The summed E-state index contributed by atoms with van der Waals surface area (Å²) in [4.78, 5) is 15.3. The molecule has 0 atom stereocenters. The van der Waals surface area contributed by atoms with Crippen LogP contribution in [0.25, 0.3) is 117 Å². The van der Waals surface area contributed by atoms with E-state index in [-0.39, 0.29) is 0 Å². The standard InChI is InChI=1S/C51H30N4O2/c1-3-14-31(15-4-1)49-52-50(54-51(53-49)39-23-13-27-45-47(39)38-19-8-10-26-43(38)56-45)32-28-29-44-40(30-32)36-22-11-21-35(48(36)57-44)34-20-12-25-42-46(34)37-18-7-9-24-41(37)55(42)33-16-5-2-6-17-33/h1-30H. The summed E-state index contributed by atoms with van der Waals surface area (Å²) >= 11 is 0. The first-order valence-corrected chi connectivity index (χ1v) is 19.0. The van der Waals surface area contributed by atoms with E-state index in [1.54, 1.807) is 0 Å². The number of para-hydroxylation sites is 4. The lowest BCUT2D eigenvalue weighted by atomic mass is 9.97. The van der Waals surface area contributed by atoms with Crippen LogP contribution in [0.3, 0.4) is 0 Å². The third-order valence-corrected chi connectivity index (χ3v) is 11.1. The first-order valence-electron chi connectivity index (χ1n) is 19.0. The number of hydrogen-bond acceptors (Lipinski definition) is 5. The molecule has 0 N–H and O–H groups in total. The van der Waals surface area contributed by atoms with Crippen molar-refractivity contribution < 1.29 is 8.83 Å². The van der Waals surface area contributed by atoms with E-state index in [4.69, 9.17) is 23.8 Å². The Morgan fingerprint density at radius 2 is 0.965 bits per heavy atom. The number of furan rings is 2. The predicted octanol–water partition coefficient (Wildman–Crippen LogP) is 13.4. The molecule has 0 aliphatic carbocycles. The molecule has 0 saturated heterocycles. The van der Waals surface area contributed by atoms with Crippen molar-refractivity contribution >= 4 is 65.7 Å². The molecule has 6 heteroatoms. The molecule has 57 heavy (non-hydrogen) atoms. The molecule has 0 spiro atoms. The highest BCUT2D eigenvalue weighted by Crippen LogP contribution is 2.43. The van der Waals surface area contributed by atoms with E-state index in [9.17, 15) is 0 Å². The van der Waals surface area contributed by atoms with Crippen LogP contribution < -0.4 is 0 Å². The van der Waals surface area contributed by atoms with E-state index in [1.807, 2.05) is 72.8 Å². The molecule has 12 rings (SSSR count). The monoisotopic (exact) mass is 730 g/mol. The van der Waals surface area contributed by atoms with Crippen molar-refractivity contribution in [1.82, 2.24) is 19.5 Å². The Labute approximate surface area is 325 Å². The van der Waals surface area contributed by atoms with Crippen LogP contribution in [0.1, 0.15) is 0 Å². The lowest BCUT2D eigenvalue weighted by Crippen LogP contribution is -2.00. The normalized spacial score (nSPS) is 11.9. The Bertz CT molecular complexity index is 3530. The fourth-order valence-corrected chi connectivity index (χ4v) is 8.55. The number of fused-ring (bicyclic) bond motifs is 9. The first-order chi connectivity index (χ1) is 28.3. The minimum Gasteiger partial charge on any atom is -0.456 e. The molecule has 0 saturated carbocycles. The minimum absolute atomic E-state index is 0.578. The van der Waals surface area contributed by atoms with Crippen molar-refractivity contribution in [3.8, 4) is 51.0 Å². The van der Waals surface area contributed by atoms with Gasteiger partial charge in [-0.1, -0.05) is 127 Å². The molecule has 6 nitrogen and oxygen atoms in total. The molecule has 12 aromatic rings. The Balaban J connectivity index is 1.05. The number of nitrogens with zero attached hydrogens (tertiary/aromatic N) is 4. The van der Waals surface area contributed by atoms with Crippen molar-refractivity contribution in [2.75, 3.05) is 0 Å². The molecule has 0 fully saturated rings. The number of rotatable bonds is 5. The van der Waals surface area contributed by atoms with Crippen LogP contribution in [0.2, 0.25) is 0 Å². The third kappa shape index (κ3) is 4.87. The maximum atomic E-state index is 6.78. The van der Waals surface area contributed by atoms with E-state index >= 15 is 0 Å². The Morgan fingerprint density at radius 3 is 1.84 bits per heavy atom. The molecule has 0 aliphatic rings. The highest BCUT2D eigenvalue weighted by Gasteiger charge is 2.21. The molecular formula is C51H30N4O2. The van der Waals surface area contributed by atoms with Crippen LogP contribution in [0.4, 0.5) is 0 Å². The van der Waals surface area contributed by atoms with Crippen LogP contribution in [-0.2, 0) is 0 Å². The van der Waals surface area contributed by atoms with Gasteiger partial charge < -0.3 is 13.4 Å². The van der Waals surface area contributed by atoms with Crippen LogP contribution in [0, 0.1) is 0 Å². The lowest BCUT2D eigenvalue weighted by molar-refractivity contribution is 0.669. The summed E-state index contributed by atoms with van der Waals surface area (Å²) in [6.45, 7) is 0. The zero-order chi connectivity index (χ0) is 37.5. The summed E-state index contributed by atoms with van der Waals surface area (Å²) in [5.41, 5.74) is 11.5. The van der Waals surface area contributed by atoms with E-state index in [0.717, 1.165) is 88.4 Å². The van der Waals surface area contributed by atoms with Gasteiger partial charge in [0.25, 0.3) is 0 Å². The van der Waals surface area contributed by atoms with Gasteiger partial charge in [0.05, 0.1) is 11.0 Å². The van der Waals surface area contributed by atoms with Gasteiger partial charge in [-0.05, 0) is 60.2 Å². The fraction of sp³-hybridized carbons (Fsp3) is 0. The van der Waals surface area contributed by atoms with Crippen LogP contribution in [0.15, 0.2) is 191 Å². The van der Waals surface area contributed by atoms with Crippen molar-refractivity contribution in [1.29, 1.82) is 0 Å². The molecule has 0 unspecified atom stereocenters. The summed E-state index contributed by atoms with van der Waals surface area (Å²) in [5.74, 6) is 1.76. The number of hydrogen-bond donors (Lipinski definition) is 0. The summed E-state index contributed by atoms with van der Waals surface area (Å²) in [5, 5.41) is 6.41. The molecule has 4 heterocycles. The predicted molar refractivity (Wildman–Crippen MR) is 230 cm³/mol. The van der Waals surface area contributed by atoms with E-state index < -0.39 is 0 Å². The molecule has 0 aliphatic heterocycles. The van der Waals surface area contributed by atoms with E-state index in [0.29, 0.717) is 17.5 Å². The Kier molecular flexibility index (Phi) is 6.83. The second kappa shape index (κ2) is 12.3. The van der Waals surface area contributed by atoms with Crippen molar-refractivity contribution in [2.45, 2.75) is 0 Å². The van der Waals surface area contributed by atoms with Gasteiger partial charge in [-0.15, -0.1) is 0 Å². The smallest absolute Gasteiger partial charge is 0.164 e. The quantitative estimate of drug-likeness (QED) is 0.176. The summed E-state index contributed by atoms with van der Waals surface area (Å²) in [6.07, 6.45) is 0. The van der Waals surface area contributed by atoms with Gasteiger partial charge in [0.15, 0.2) is 17.5 Å². The second-order valence-electron chi connectivity index (χ2n) is 14.3. The van der Waals surface area contributed by atoms with Crippen LogP contribution >= 0.6 is 0 Å². The lowest BCUT2D eigenvalue weighted by Gasteiger charge is -2.09. The molecule has 4 aromatic heterocycles. The topological polar surface area (TPSA) is 69.9 Å². The van der Waals surface area contributed by atoms with Crippen molar-refractivity contribution in [3.05, 3.63) is 182 Å². The summed E-state index contributed by atoms with van der Waals surface area (Å²) < 4.78 is 15.4. The SMILES string of the molecule is c1ccc(-c2nc(-c3ccc4oc5c(-c6cccc7c6c6ccccc6n7-c6ccccc6)cccc5c4c3)nc(-c3cccc4oc5ccccc5c34)n2)cc1. The van der Waals surface area contributed by atoms with Gasteiger partial charge in [0, 0.05) is 60.3 Å². The number of benzene rings is 8. The second-order valence-corrected chi connectivity index (χ2v) is 14.3. The molecule has 0 radical (unpaired) electrons. The van der Waals surface area contributed by atoms with Crippen LogP contribution in [-0.4, -0.2) is 19.5 Å². The van der Waals surface area contributed by atoms with Gasteiger partial charge in [0.2, 0.25) is 0 Å². The first kappa shape index (κ1) is 31.5. The summed E-state index contributed by atoms with van der Waals surface area (Å²) in [7, 11) is 0. The maximum Gasteiger partial charge on any atom is 0.164 e. The summed E-state index contributed by atoms with van der Waals surface area (Å²) in [6, 6.07) is 62.6. The number of aromatic nitrogens is 4. The van der Waals surface area contributed by atoms with Gasteiger partial charge >= 0.3 is 0 Å². The zero-order valence-corrected chi connectivity index (χ0v) is 30.4. The average molecular weight is 731 g/mol. The fourth-order valence-electron chi connectivity index (χ4n) is 8.55. The van der Waals surface area contributed by atoms with Gasteiger partial charge in [-0.3, -0.25) is 0 Å². The molecular weight excluding hydrogens is 701 g/mol. The van der Waals surface area contributed by atoms with E-state index in [2.05, 4.69) is 114 Å². The molecule has 266 valence electrons. The molecule has 0 bridgehead atoms. The van der Waals surface area contributed by atoms with E-state index in [1.165, 1.54) is 10.8 Å². The van der Waals surface area contributed by atoms with Crippen LogP contribution in [0.5, 0.6) is 0 Å². The Morgan fingerprint density at radius 1 is 0.351 bits per heavy atom. The molecule has 0 amide bonds. The van der Waals surface area contributed by atoms with Crippen molar-refractivity contribution in [2.24, 2.45) is 0 Å². The zero-order valence-electron chi connectivity index (χ0n) is 30.4. The third-order valence-electron chi connectivity index (χ3n) is 11.1. The minimum atomic E-state index is 0.578. The molecule has 8 aromatic carbocycles. The van der Waals surface area contributed by atoms with Gasteiger partial charge in [-0.2, -0.15) is 0 Å². The van der Waals surface area contributed by atoms with Gasteiger partial charge in [0.1, 0.15) is 22.3 Å². The highest BCUT2D eigenvalue weighted by atomic mass is 16.3. The Hall–Kier alpha value is -7.83.